The third kappa shape index (κ3) is 2.96. The average molecular weight is 282 g/mol. The molecule has 3 heteroatoms. The van der Waals surface area contributed by atoms with E-state index in [2.05, 4.69) is 31.3 Å². The Bertz CT molecular complexity index is 449. The molecule has 0 aliphatic heterocycles. The van der Waals surface area contributed by atoms with Gasteiger partial charge in [-0.05, 0) is 69.3 Å². The van der Waals surface area contributed by atoms with Crippen molar-refractivity contribution in [3.8, 4) is 0 Å². The second-order valence-electron chi connectivity index (χ2n) is 5.74. The lowest BCUT2D eigenvalue weighted by molar-refractivity contribution is -0.0834. The van der Waals surface area contributed by atoms with Gasteiger partial charge in [-0.1, -0.05) is 17.7 Å². The van der Waals surface area contributed by atoms with Gasteiger partial charge in [0.2, 0.25) is 0 Å². The molecule has 1 atom stereocenters. The van der Waals surface area contributed by atoms with E-state index in [9.17, 15) is 0 Å². The zero-order chi connectivity index (χ0) is 14.0. The van der Waals surface area contributed by atoms with Gasteiger partial charge in [0.1, 0.15) is 0 Å². The monoisotopic (exact) mass is 281 g/mol. The molecule has 2 rings (SSSR count). The van der Waals surface area contributed by atoms with Crippen LogP contribution in [0.15, 0.2) is 12.1 Å². The Labute approximate surface area is 121 Å². The fourth-order valence-corrected chi connectivity index (χ4v) is 3.22. The van der Waals surface area contributed by atoms with Crippen LogP contribution >= 0.6 is 11.6 Å². The second kappa shape index (κ2) is 5.82. The minimum Gasteiger partial charge on any atom is -0.378 e. The van der Waals surface area contributed by atoms with Gasteiger partial charge in [-0.2, -0.15) is 0 Å². The molecule has 1 aliphatic rings. The first-order valence-corrected chi connectivity index (χ1v) is 7.38. The summed E-state index contributed by atoms with van der Waals surface area (Å²) in [5.41, 5.74) is 3.78. The Kier molecular flexibility index (Phi) is 4.54. The van der Waals surface area contributed by atoms with Gasteiger partial charge in [-0.3, -0.25) is 0 Å². The van der Waals surface area contributed by atoms with Gasteiger partial charge in [-0.15, -0.1) is 0 Å². The van der Waals surface area contributed by atoms with E-state index >= 15 is 0 Å². The van der Waals surface area contributed by atoms with Crippen LogP contribution in [0.25, 0.3) is 0 Å². The van der Waals surface area contributed by atoms with E-state index in [-0.39, 0.29) is 11.6 Å². The molecule has 19 heavy (non-hydrogen) atoms. The van der Waals surface area contributed by atoms with Crippen molar-refractivity contribution in [3.63, 3.8) is 0 Å². The van der Waals surface area contributed by atoms with Crippen molar-refractivity contribution in [3.05, 3.63) is 33.8 Å². The Morgan fingerprint density at radius 3 is 2.42 bits per heavy atom. The van der Waals surface area contributed by atoms with Gasteiger partial charge in [-0.25, -0.2) is 0 Å². The minimum atomic E-state index is 0.0514. The molecule has 106 valence electrons. The molecule has 1 aromatic carbocycles. The maximum Gasteiger partial charge on any atom is 0.0697 e. The molecule has 0 aromatic heterocycles. The third-order valence-corrected chi connectivity index (χ3v) is 4.94. The largest absolute Gasteiger partial charge is 0.378 e. The van der Waals surface area contributed by atoms with Crippen LogP contribution in [0.3, 0.4) is 0 Å². The van der Waals surface area contributed by atoms with Crippen molar-refractivity contribution < 1.29 is 4.74 Å². The number of benzene rings is 1. The summed E-state index contributed by atoms with van der Waals surface area (Å²) in [5.74, 6) is 0. The number of nitrogens with one attached hydrogen (secondary N) is 1. The van der Waals surface area contributed by atoms with E-state index in [1.807, 2.05) is 14.2 Å². The molecular weight excluding hydrogens is 258 g/mol. The van der Waals surface area contributed by atoms with Crippen LogP contribution in [-0.2, 0) is 4.74 Å². The van der Waals surface area contributed by atoms with Crippen LogP contribution in [-0.4, -0.2) is 19.8 Å². The van der Waals surface area contributed by atoms with E-state index in [1.165, 1.54) is 23.1 Å². The van der Waals surface area contributed by atoms with Gasteiger partial charge in [0.15, 0.2) is 0 Å². The predicted molar refractivity (Wildman–Crippen MR) is 80.9 cm³/mol. The van der Waals surface area contributed by atoms with Gasteiger partial charge >= 0.3 is 0 Å². The lowest BCUT2D eigenvalue weighted by Crippen LogP contribution is -2.42. The van der Waals surface area contributed by atoms with Crippen molar-refractivity contribution in [2.24, 2.45) is 0 Å². The molecule has 0 amide bonds. The standard InChI is InChI=1S/C16H24ClNO/c1-11-8-13(14(17)9-12(11)2)15(18-3)10-16(19-4)6-5-7-16/h8-9,15,18H,5-7,10H2,1-4H3. The predicted octanol–water partition coefficient (Wildman–Crippen LogP) is 4.18. The van der Waals surface area contributed by atoms with Crippen LogP contribution in [0, 0.1) is 13.8 Å². The first-order chi connectivity index (χ1) is 9.01. The molecule has 1 aliphatic carbocycles. The number of hydrogen-bond acceptors (Lipinski definition) is 2. The third-order valence-electron chi connectivity index (χ3n) is 4.61. The summed E-state index contributed by atoms with van der Waals surface area (Å²) in [6.07, 6.45) is 4.57. The van der Waals surface area contributed by atoms with E-state index in [0.717, 1.165) is 24.3 Å². The Hall–Kier alpha value is -0.570. The summed E-state index contributed by atoms with van der Waals surface area (Å²) >= 11 is 6.43. The molecule has 1 fully saturated rings. The summed E-state index contributed by atoms with van der Waals surface area (Å²) < 4.78 is 5.74. The van der Waals surface area contributed by atoms with Gasteiger partial charge in [0.05, 0.1) is 5.60 Å². The summed E-state index contributed by atoms with van der Waals surface area (Å²) in [5, 5.41) is 4.25. The summed E-state index contributed by atoms with van der Waals surface area (Å²) in [7, 11) is 3.83. The van der Waals surface area contributed by atoms with Crippen molar-refractivity contribution in [1.82, 2.24) is 5.32 Å². The molecule has 1 saturated carbocycles. The topological polar surface area (TPSA) is 21.3 Å². The lowest BCUT2D eigenvalue weighted by atomic mass is 9.74. The Morgan fingerprint density at radius 1 is 1.32 bits per heavy atom. The molecule has 1 N–H and O–H groups in total. The average Bonchev–Trinajstić information content (AvgIpc) is 2.34. The van der Waals surface area contributed by atoms with Gasteiger partial charge < -0.3 is 10.1 Å². The van der Waals surface area contributed by atoms with E-state index in [1.54, 1.807) is 0 Å². The fourth-order valence-electron chi connectivity index (χ4n) is 2.87. The van der Waals surface area contributed by atoms with Crippen molar-refractivity contribution >= 4 is 11.6 Å². The van der Waals surface area contributed by atoms with E-state index in [0.29, 0.717) is 0 Å². The molecule has 0 radical (unpaired) electrons. The highest BCUT2D eigenvalue weighted by molar-refractivity contribution is 6.31. The van der Waals surface area contributed by atoms with Crippen molar-refractivity contribution in [2.45, 2.75) is 51.2 Å². The zero-order valence-electron chi connectivity index (χ0n) is 12.3. The van der Waals surface area contributed by atoms with Gasteiger partial charge in [0, 0.05) is 18.2 Å². The molecule has 0 spiro atoms. The highest BCUT2D eigenvalue weighted by atomic mass is 35.5. The summed E-state index contributed by atoms with van der Waals surface area (Å²) in [6.45, 7) is 4.24. The Morgan fingerprint density at radius 2 is 1.95 bits per heavy atom. The van der Waals surface area contributed by atoms with Crippen molar-refractivity contribution in [2.75, 3.05) is 14.2 Å². The fraction of sp³-hybridized carbons (Fsp3) is 0.625. The molecular formula is C16H24ClNO. The number of halogens is 1. The highest BCUT2D eigenvalue weighted by Gasteiger charge is 2.39. The summed E-state index contributed by atoms with van der Waals surface area (Å²) in [6, 6.07) is 4.53. The van der Waals surface area contributed by atoms with Crippen molar-refractivity contribution in [1.29, 1.82) is 0 Å². The zero-order valence-corrected chi connectivity index (χ0v) is 13.1. The SMILES string of the molecule is CNC(CC1(OC)CCC1)c1cc(C)c(C)cc1Cl. The van der Waals surface area contributed by atoms with E-state index in [4.69, 9.17) is 16.3 Å². The highest BCUT2D eigenvalue weighted by Crippen LogP contribution is 2.43. The molecule has 1 aromatic rings. The quantitative estimate of drug-likeness (QED) is 0.874. The van der Waals surface area contributed by atoms with Crippen LogP contribution in [0.4, 0.5) is 0 Å². The molecule has 0 saturated heterocycles. The number of aryl methyl sites for hydroxylation is 2. The summed E-state index contributed by atoms with van der Waals surface area (Å²) in [4.78, 5) is 0. The first kappa shape index (κ1) is 14.8. The van der Waals surface area contributed by atoms with Gasteiger partial charge in [0.25, 0.3) is 0 Å². The maximum atomic E-state index is 6.43. The first-order valence-electron chi connectivity index (χ1n) is 7.00. The van der Waals surface area contributed by atoms with E-state index < -0.39 is 0 Å². The molecule has 1 unspecified atom stereocenters. The number of rotatable bonds is 5. The lowest BCUT2D eigenvalue weighted by Gasteiger charge is -2.43. The minimum absolute atomic E-state index is 0.0514. The molecule has 0 bridgehead atoms. The number of methoxy groups -OCH3 is 1. The van der Waals surface area contributed by atoms with Crippen LogP contribution in [0.5, 0.6) is 0 Å². The Balaban J connectivity index is 2.24. The molecule has 2 nitrogen and oxygen atoms in total. The smallest absolute Gasteiger partial charge is 0.0697 e. The van der Waals surface area contributed by atoms with Crippen LogP contribution in [0.2, 0.25) is 5.02 Å². The van der Waals surface area contributed by atoms with Crippen LogP contribution < -0.4 is 5.32 Å². The normalized spacial score (nSPS) is 19.0. The number of ether oxygens (including phenoxy) is 1. The second-order valence-corrected chi connectivity index (χ2v) is 6.15. The number of hydrogen-bond donors (Lipinski definition) is 1. The maximum absolute atomic E-state index is 6.43. The van der Waals surface area contributed by atoms with Crippen LogP contribution in [0.1, 0.15) is 48.4 Å². The molecule has 0 heterocycles.